The lowest BCUT2D eigenvalue weighted by atomic mass is 9.76. The molecule has 3 aliphatic rings. The lowest BCUT2D eigenvalue weighted by Crippen LogP contribution is -2.47. The van der Waals surface area contributed by atoms with Gasteiger partial charge in [0.1, 0.15) is 0 Å². The van der Waals surface area contributed by atoms with Gasteiger partial charge in [-0.25, -0.2) is 0 Å². The molecule has 0 radical (unpaired) electrons. The van der Waals surface area contributed by atoms with E-state index in [9.17, 15) is 31.1 Å². The maximum atomic E-state index is 13.5. The van der Waals surface area contributed by atoms with Gasteiger partial charge in [-0.3, -0.25) is 4.79 Å². The largest absolute Gasteiger partial charge is 0.493 e. The molecule has 0 N–H and O–H groups in total. The molecule has 3 fully saturated rings. The van der Waals surface area contributed by atoms with Crippen molar-refractivity contribution in [1.82, 2.24) is 14.7 Å². The second kappa shape index (κ2) is 14.0. The number of benzene rings is 2. The van der Waals surface area contributed by atoms with E-state index < -0.39 is 41.2 Å². The van der Waals surface area contributed by atoms with Crippen LogP contribution in [0.5, 0.6) is 11.5 Å². The molecule has 2 aromatic rings. The van der Waals surface area contributed by atoms with Gasteiger partial charge in [0.25, 0.3) is 0 Å². The number of amides is 1. The van der Waals surface area contributed by atoms with Crippen LogP contribution in [-0.4, -0.2) is 86.7 Å². The highest BCUT2D eigenvalue weighted by Crippen LogP contribution is 2.42. The zero-order chi connectivity index (χ0) is 33.1. The molecule has 2 aromatic carbocycles. The number of likely N-dealkylation sites (tertiary alicyclic amines) is 3. The summed E-state index contributed by atoms with van der Waals surface area (Å²) >= 11 is 0. The second-order valence-electron chi connectivity index (χ2n) is 12.9. The minimum Gasteiger partial charge on any atom is -0.493 e. The summed E-state index contributed by atoms with van der Waals surface area (Å²) in [6, 6.07) is 7.67. The molecular formula is C34H43F6N3O3. The number of alkyl halides is 6. The van der Waals surface area contributed by atoms with Crippen LogP contribution in [-0.2, 0) is 29.0 Å². The summed E-state index contributed by atoms with van der Waals surface area (Å²) in [6.07, 6.45) is -3.09. The van der Waals surface area contributed by atoms with E-state index in [1.54, 1.807) is 19.1 Å². The van der Waals surface area contributed by atoms with Crippen LogP contribution in [0.3, 0.4) is 0 Å². The van der Waals surface area contributed by atoms with E-state index in [1.807, 2.05) is 18.2 Å². The molecule has 46 heavy (non-hydrogen) atoms. The number of carbonyl (C=O) groups is 1. The predicted octanol–water partition coefficient (Wildman–Crippen LogP) is 6.79. The molecule has 0 saturated carbocycles. The molecule has 0 bridgehead atoms. The highest BCUT2D eigenvalue weighted by atomic mass is 19.4. The van der Waals surface area contributed by atoms with Crippen LogP contribution in [0.2, 0.25) is 0 Å². The quantitative estimate of drug-likeness (QED) is 0.279. The molecule has 3 heterocycles. The number of nitrogens with zero attached hydrogens (tertiary/aromatic N) is 3. The molecule has 254 valence electrons. The van der Waals surface area contributed by atoms with Crippen LogP contribution < -0.4 is 9.47 Å². The van der Waals surface area contributed by atoms with Crippen molar-refractivity contribution in [2.24, 2.45) is 0 Å². The molecule has 1 atom stereocenters. The lowest BCUT2D eigenvalue weighted by Gasteiger charge is -2.41. The number of halogens is 6. The Hall–Kier alpha value is -2.99. The van der Waals surface area contributed by atoms with Gasteiger partial charge in [0, 0.05) is 24.5 Å². The summed E-state index contributed by atoms with van der Waals surface area (Å²) in [5.74, 6) is 0.615. The molecule has 0 aliphatic carbocycles. The van der Waals surface area contributed by atoms with Crippen molar-refractivity contribution in [2.75, 3.05) is 60.0 Å². The van der Waals surface area contributed by atoms with Gasteiger partial charge in [-0.15, -0.1) is 0 Å². The van der Waals surface area contributed by atoms with E-state index in [0.29, 0.717) is 49.2 Å². The fourth-order valence-corrected chi connectivity index (χ4v) is 7.41. The standard InChI is InChI=1S/C34H43F6N3O3/c1-45-29-7-6-25(22-30(29)46-2)32(10-16-41-14-8-28(9-15-41)42-12-4-3-5-13-42)11-17-43(23-32)31(44)20-24-18-26(33(35,36)37)21-27(19-24)34(38,39)40/h6-7,18-19,21-22,28H,3-5,8-17,20,23H2,1-2H3/t32-/m1/s1. The number of rotatable bonds is 9. The fraction of sp³-hybridized carbons (Fsp3) is 0.618. The number of hydrogen-bond acceptors (Lipinski definition) is 5. The molecule has 3 saturated heterocycles. The molecule has 0 spiro atoms. The molecular weight excluding hydrogens is 612 g/mol. The van der Waals surface area contributed by atoms with Crippen molar-refractivity contribution < 1.29 is 40.6 Å². The summed E-state index contributed by atoms with van der Waals surface area (Å²) in [5, 5.41) is 0. The Kier molecular flexibility index (Phi) is 10.5. The third-order valence-electron chi connectivity index (χ3n) is 10.1. The smallest absolute Gasteiger partial charge is 0.416 e. The van der Waals surface area contributed by atoms with Gasteiger partial charge in [-0.1, -0.05) is 12.5 Å². The topological polar surface area (TPSA) is 45.2 Å². The first-order valence-electron chi connectivity index (χ1n) is 16.1. The minimum absolute atomic E-state index is 0.0846. The van der Waals surface area contributed by atoms with E-state index >= 15 is 0 Å². The van der Waals surface area contributed by atoms with E-state index in [1.165, 1.54) is 32.4 Å². The Morgan fingerprint density at radius 2 is 1.46 bits per heavy atom. The van der Waals surface area contributed by atoms with Crippen LogP contribution in [0.15, 0.2) is 36.4 Å². The van der Waals surface area contributed by atoms with E-state index in [0.717, 1.165) is 44.5 Å². The summed E-state index contributed by atoms with van der Waals surface area (Å²) in [7, 11) is 3.10. The van der Waals surface area contributed by atoms with Gasteiger partial charge < -0.3 is 24.2 Å². The molecule has 0 aromatic heterocycles. The zero-order valence-electron chi connectivity index (χ0n) is 26.5. The highest BCUT2D eigenvalue weighted by Gasteiger charge is 2.43. The molecule has 3 aliphatic heterocycles. The van der Waals surface area contributed by atoms with Gasteiger partial charge in [0.2, 0.25) is 5.91 Å². The van der Waals surface area contributed by atoms with Gasteiger partial charge in [-0.05, 0) is 113 Å². The molecule has 6 nitrogen and oxygen atoms in total. The maximum Gasteiger partial charge on any atom is 0.416 e. The minimum atomic E-state index is -4.97. The number of hydrogen-bond donors (Lipinski definition) is 0. The number of piperidine rings is 2. The fourth-order valence-electron chi connectivity index (χ4n) is 7.41. The average molecular weight is 656 g/mol. The first-order valence-corrected chi connectivity index (χ1v) is 16.1. The Labute approximate surface area is 266 Å². The summed E-state index contributed by atoms with van der Waals surface area (Å²) in [4.78, 5) is 20.2. The summed E-state index contributed by atoms with van der Waals surface area (Å²) in [6.45, 7) is 5.79. The highest BCUT2D eigenvalue weighted by molar-refractivity contribution is 5.79. The molecule has 5 rings (SSSR count). The van der Waals surface area contributed by atoms with Crippen molar-refractivity contribution in [3.05, 3.63) is 58.7 Å². The Morgan fingerprint density at radius 1 is 0.826 bits per heavy atom. The molecule has 12 heteroatoms. The second-order valence-corrected chi connectivity index (χ2v) is 12.9. The number of carbonyl (C=O) groups excluding carboxylic acids is 1. The third-order valence-corrected chi connectivity index (χ3v) is 10.1. The normalized spacial score (nSPS) is 22.3. The maximum absolute atomic E-state index is 13.5. The number of methoxy groups -OCH3 is 2. The lowest BCUT2D eigenvalue weighted by molar-refractivity contribution is -0.143. The van der Waals surface area contributed by atoms with E-state index in [4.69, 9.17) is 9.47 Å². The molecule has 0 unspecified atom stereocenters. The monoisotopic (exact) mass is 655 g/mol. The summed E-state index contributed by atoms with van der Waals surface area (Å²) in [5.41, 5.74) is -2.66. The first kappa shape index (κ1) is 34.3. The summed E-state index contributed by atoms with van der Waals surface area (Å²) < 4.78 is 91.7. The van der Waals surface area contributed by atoms with Gasteiger partial charge >= 0.3 is 12.4 Å². The van der Waals surface area contributed by atoms with Crippen LogP contribution in [0.1, 0.15) is 67.2 Å². The van der Waals surface area contributed by atoms with Crippen molar-refractivity contribution in [3.8, 4) is 11.5 Å². The first-order chi connectivity index (χ1) is 21.8. The van der Waals surface area contributed by atoms with Crippen LogP contribution in [0.4, 0.5) is 26.3 Å². The SMILES string of the molecule is COc1ccc([C@]2(CCN3CCC(N4CCCCC4)CC3)CCN(C(=O)Cc3cc(C(F)(F)F)cc(C(F)(F)F)c3)C2)cc1OC. The van der Waals surface area contributed by atoms with Crippen LogP contribution >= 0.6 is 0 Å². The molecule has 1 amide bonds. The third kappa shape index (κ3) is 7.93. The number of ether oxygens (including phenoxy) is 2. The van der Waals surface area contributed by atoms with Gasteiger partial charge in [0.15, 0.2) is 11.5 Å². The van der Waals surface area contributed by atoms with Crippen molar-refractivity contribution >= 4 is 5.91 Å². The van der Waals surface area contributed by atoms with Gasteiger partial charge in [-0.2, -0.15) is 26.3 Å². The van der Waals surface area contributed by atoms with Crippen molar-refractivity contribution in [2.45, 2.75) is 75.2 Å². The van der Waals surface area contributed by atoms with Crippen molar-refractivity contribution in [3.63, 3.8) is 0 Å². The van der Waals surface area contributed by atoms with Crippen LogP contribution in [0.25, 0.3) is 0 Å². The van der Waals surface area contributed by atoms with E-state index in [2.05, 4.69) is 9.80 Å². The predicted molar refractivity (Wildman–Crippen MR) is 162 cm³/mol. The van der Waals surface area contributed by atoms with Crippen LogP contribution in [0, 0.1) is 0 Å². The van der Waals surface area contributed by atoms with Gasteiger partial charge in [0.05, 0.1) is 31.8 Å². The Balaban J connectivity index is 1.32. The Morgan fingerprint density at radius 3 is 2.04 bits per heavy atom. The van der Waals surface area contributed by atoms with Crippen molar-refractivity contribution in [1.29, 1.82) is 0 Å². The Bertz CT molecular complexity index is 1320. The average Bonchev–Trinajstić information content (AvgIpc) is 3.49. The van der Waals surface area contributed by atoms with E-state index in [-0.39, 0.29) is 11.6 Å². The zero-order valence-corrected chi connectivity index (χ0v) is 26.5.